The predicted octanol–water partition coefficient (Wildman–Crippen LogP) is 3.77. The number of phenolic OH excluding ortho intramolecular Hbond substituents is 1. The van der Waals surface area contributed by atoms with Gasteiger partial charge in [0.1, 0.15) is 11.3 Å². The maximum Gasteiger partial charge on any atom is 0.341 e. The van der Waals surface area contributed by atoms with Crippen LogP contribution in [0.15, 0.2) is 24.3 Å². The number of hydrogen-bond acceptors (Lipinski definition) is 3. The van der Waals surface area contributed by atoms with E-state index in [9.17, 15) is 9.90 Å². The number of hydrogen-bond donors (Lipinski definition) is 1. The van der Waals surface area contributed by atoms with E-state index in [1.807, 2.05) is 0 Å². The SMILES string of the molecule is CCCC(CC)CCOC(=O)c1ccccc1O. The first kappa shape index (κ1) is 14.6. The van der Waals surface area contributed by atoms with Gasteiger partial charge in [0.15, 0.2) is 0 Å². The van der Waals surface area contributed by atoms with Crippen LogP contribution in [0.3, 0.4) is 0 Å². The Morgan fingerprint density at radius 3 is 2.61 bits per heavy atom. The van der Waals surface area contributed by atoms with Crippen molar-refractivity contribution in [1.29, 1.82) is 0 Å². The predicted molar refractivity (Wildman–Crippen MR) is 71.7 cm³/mol. The molecular weight excluding hydrogens is 228 g/mol. The summed E-state index contributed by atoms with van der Waals surface area (Å²) in [6.45, 7) is 4.74. The van der Waals surface area contributed by atoms with Gasteiger partial charge in [-0.1, -0.05) is 45.2 Å². The highest BCUT2D eigenvalue weighted by molar-refractivity contribution is 5.92. The topological polar surface area (TPSA) is 46.5 Å². The minimum atomic E-state index is -0.445. The second-order valence-electron chi connectivity index (χ2n) is 4.50. The number of carbonyl (C=O) groups excluding carboxylic acids is 1. The second kappa shape index (κ2) is 7.75. The van der Waals surface area contributed by atoms with E-state index < -0.39 is 5.97 Å². The van der Waals surface area contributed by atoms with E-state index >= 15 is 0 Å². The van der Waals surface area contributed by atoms with Gasteiger partial charge in [0.25, 0.3) is 0 Å². The summed E-state index contributed by atoms with van der Waals surface area (Å²) in [5, 5.41) is 9.52. The molecule has 3 heteroatoms. The molecule has 0 amide bonds. The number of carbonyl (C=O) groups is 1. The van der Waals surface area contributed by atoms with E-state index in [4.69, 9.17) is 4.74 Å². The van der Waals surface area contributed by atoms with Gasteiger partial charge in [-0.2, -0.15) is 0 Å². The third kappa shape index (κ3) is 4.40. The molecular formula is C15H22O3. The molecule has 0 spiro atoms. The second-order valence-corrected chi connectivity index (χ2v) is 4.50. The van der Waals surface area contributed by atoms with Gasteiger partial charge < -0.3 is 9.84 Å². The lowest BCUT2D eigenvalue weighted by Crippen LogP contribution is -2.10. The van der Waals surface area contributed by atoms with Crippen LogP contribution in [-0.4, -0.2) is 17.7 Å². The fourth-order valence-corrected chi connectivity index (χ4v) is 2.00. The van der Waals surface area contributed by atoms with Gasteiger partial charge in [0.2, 0.25) is 0 Å². The Balaban J connectivity index is 2.40. The molecule has 0 bridgehead atoms. The molecule has 0 saturated carbocycles. The van der Waals surface area contributed by atoms with Gasteiger partial charge in [0.05, 0.1) is 6.61 Å². The molecule has 0 aliphatic rings. The number of phenols is 1. The summed E-state index contributed by atoms with van der Waals surface area (Å²) in [7, 11) is 0. The minimum absolute atomic E-state index is 0.0249. The maximum absolute atomic E-state index is 11.7. The summed E-state index contributed by atoms with van der Waals surface area (Å²) in [5.41, 5.74) is 0.237. The highest BCUT2D eigenvalue weighted by atomic mass is 16.5. The van der Waals surface area contributed by atoms with Gasteiger partial charge in [-0.15, -0.1) is 0 Å². The van der Waals surface area contributed by atoms with Crippen molar-refractivity contribution in [1.82, 2.24) is 0 Å². The summed E-state index contributed by atoms with van der Waals surface area (Å²) in [6, 6.07) is 6.45. The van der Waals surface area contributed by atoms with E-state index in [0.717, 1.165) is 19.3 Å². The molecule has 1 aromatic rings. The number of para-hydroxylation sites is 1. The summed E-state index contributed by atoms with van der Waals surface area (Å²) in [4.78, 5) is 11.7. The molecule has 0 heterocycles. The quantitative estimate of drug-likeness (QED) is 0.749. The van der Waals surface area contributed by atoms with Crippen LogP contribution in [0.2, 0.25) is 0 Å². The van der Waals surface area contributed by atoms with E-state index in [2.05, 4.69) is 13.8 Å². The van der Waals surface area contributed by atoms with E-state index in [0.29, 0.717) is 12.5 Å². The van der Waals surface area contributed by atoms with Gasteiger partial charge >= 0.3 is 5.97 Å². The third-order valence-corrected chi connectivity index (χ3v) is 3.16. The molecule has 0 radical (unpaired) electrons. The van der Waals surface area contributed by atoms with Gasteiger partial charge in [-0.05, 0) is 24.5 Å². The van der Waals surface area contributed by atoms with Crippen molar-refractivity contribution >= 4 is 5.97 Å². The van der Waals surface area contributed by atoms with Crippen LogP contribution < -0.4 is 0 Å². The van der Waals surface area contributed by atoms with Crippen LogP contribution in [0.4, 0.5) is 0 Å². The Bertz CT molecular complexity index is 374. The van der Waals surface area contributed by atoms with Crippen LogP contribution in [-0.2, 0) is 4.74 Å². The minimum Gasteiger partial charge on any atom is -0.507 e. The zero-order valence-corrected chi connectivity index (χ0v) is 11.2. The largest absolute Gasteiger partial charge is 0.507 e. The van der Waals surface area contributed by atoms with Crippen LogP contribution in [0.1, 0.15) is 49.9 Å². The van der Waals surface area contributed by atoms with Crippen molar-refractivity contribution in [2.24, 2.45) is 5.92 Å². The lowest BCUT2D eigenvalue weighted by atomic mass is 9.98. The highest BCUT2D eigenvalue weighted by Crippen LogP contribution is 2.18. The number of aromatic hydroxyl groups is 1. The van der Waals surface area contributed by atoms with Crippen molar-refractivity contribution in [3.63, 3.8) is 0 Å². The molecule has 3 nitrogen and oxygen atoms in total. The summed E-state index contributed by atoms with van der Waals surface area (Å²) < 4.78 is 5.19. The smallest absolute Gasteiger partial charge is 0.341 e. The Morgan fingerprint density at radius 2 is 2.00 bits per heavy atom. The summed E-state index contributed by atoms with van der Waals surface area (Å²) >= 11 is 0. The lowest BCUT2D eigenvalue weighted by Gasteiger charge is -2.13. The molecule has 0 saturated heterocycles. The molecule has 0 aliphatic heterocycles. The molecule has 0 fully saturated rings. The van der Waals surface area contributed by atoms with Crippen molar-refractivity contribution in [2.75, 3.05) is 6.61 Å². The van der Waals surface area contributed by atoms with Crippen molar-refractivity contribution in [3.05, 3.63) is 29.8 Å². The van der Waals surface area contributed by atoms with Crippen LogP contribution in [0, 0.1) is 5.92 Å². The molecule has 1 aromatic carbocycles. The van der Waals surface area contributed by atoms with Crippen molar-refractivity contribution < 1.29 is 14.6 Å². The van der Waals surface area contributed by atoms with Gasteiger partial charge in [-0.3, -0.25) is 0 Å². The average molecular weight is 250 g/mol. The van der Waals surface area contributed by atoms with Crippen LogP contribution >= 0.6 is 0 Å². The molecule has 1 N–H and O–H groups in total. The van der Waals surface area contributed by atoms with Crippen LogP contribution in [0.5, 0.6) is 5.75 Å². The Hall–Kier alpha value is -1.51. The Kier molecular flexibility index (Phi) is 6.26. The molecule has 1 atom stereocenters. The maximum atomic E-state index is 11.7. The van der Waals surface area contributed by atoms with E-state index in [1.54, 1.807) is 18.2 Å². The molecule has 100 valence electrons. The molecule has 0 aliphatic carbocycles. The number of benzene rings is 1. The Morgan fingerprint density at radius 1 is 1.28 bits per heavy atom. The lowest BCUT2D eigenvalue weighted by molar-refractivity contribution is 0.0476. The normalized spacial score (nSPS) is 12.1. The van der Waals surface area contributed by atoms with Crippen molar-refractivity contribution in [2.45, 2.75) is 39.5 Å². The summed E-state index contributed by atoms with van der Waals surface area (Å²) in [6.07, 6.45) is 4.34. The average Bonchev–Trinajstić information content (AvgIpc) is 2.38. The molecule has 0 aromatic heterocycles. The van der Waals surface area contributed by atoms with Crippen LogP contribution in [0.25, 0.3) is 0 Å². The molecule has 18 heavy (non-hydrogen) atoms. The van der Waals surface area contributed by atoms with Gasteiger partial charge in [0, 0.05) is 0 Å². The number of rotatable bonds is 7. The first-order valence-corrected chi connectivity index (χ1v) is 6.64. The monoisotopic (exact) mass is 250 g/mol. The Labute approximate surface area is 109 Å². The first-order chi connectivity index (χ1) is 8.69. The third-order valence-electron chi connectivity index (χ3n) is 3.16. The fourth-order valence-electron chi connectivity index (χ4n) is 2.00. The van der Waals surface area contributed by atoms with Crippen molar-refractivity contribution in [3.8, 4) is 5.75 Å². The molecule has 1 rings (SSSR count). The number of ether oxygens (including phenoxy) is 1. The van der Waals surface area contributed by atoms with E-state index in [1.165, 1.54) is 12.5 Å². The zero-order valence-electron chi connectivity index (χ0n) is 11.2. The summed E-state index contributed by atoms with van der Waals surface area (Å²) in [5.74, 6) is 0.148. The van der Waals surface area contributed by atoms with E-state index in [-0.39, 0.29) is 11.3 Å². The number of esters is 1. The van der Waals surface area contributed by atoms with Gasteiger partial charge in [-0.25, -0.2) is 4.79 Å². The first-order valence-electron chi connectivity index (χ1n) is 6.64. The highest BCUT2D eigenvalue weighted by Gasteiger charge is 2.12. The zero-order chi connectivity index (χ0) is 13.4. The fraction of sp³-hybridized carbons (Fsp3) is 0.533. The molecule has 1 unspecified atom stereocenters. The standard InChI is InChI=1S/C15H22O3/c1-3-7-12(4-2)10-11-18-15(17)13-8-5-6-9-14(13)16/h5-6,8-9,12,16H,3-4,7,10-11H2,1-2H3.